The van der Waals surface area contributed by atoms with Gasteiger partial charge in [0, 0.05) is 23.1 Å². The molecule has 2 aromatic carbocycles. The van der Waals surface area contributed by atoms with Crippen LogP contribution in [-0.4, -0.2) is 24.2 Å². The summed E-state index contributed by atoms with van der Waals surface area (Å²) in [7, 11) is 1.62. The van der Waals surface area contributed by atoms with Crippen LogP contribution in [0.15, 0.2) is 45.9 Å². The summed E-state index contributed by atoms with van der Waals surface area (Å²) in [5.74, 6) is -0.326. The van der Waals surface area contributed by atoms with E-state index in [4.69, 9.17) is 27.9 Å². The first-order chi connectivity index (χ1) is 12.0. The Balaban J connectivity index is 2.19. The third-order valence-electron chi connectivity index (χ3n) is 3.52. The number of carbonyl (C=O) groups excluding carboxylic acids is 1. The molecule has 1 aromatic heterocycles. The number of methoxy groups -OCH3 is 1. The molecule has 0 saturated carbocycles. The average molecular weight is 460 g/mol. The second kappa shape index (κ2) is 8.01. The van der Waals surface area contributed by atoms with Gasteiger partial charge in [-0.15, -0.1) is 0 Å². The molecule has 25 heavy (non-hydrogen) atoms. The van der Waals surface area contributed by atoms with Gasteiger partial charge in [0.1, 0.15) is 0 Å². The van der Waals surface area contributed by atoms with Gasteiger partial charge in [-0.2, -0.15) is 4.99 Å². The van der Waals surface area contributed by atoms with Crippen molar-refractivity contribution in [2.24, 2.45) is 4.99 Å². The number of fused-ring (bicyclic) bond motifs is 1. The summed E-state index contributed by atoms with van der Waals surface area (Å²) in [6.45, 7) is 1.00. The summed E-state index contributed by atoms with van der Waals surface area (Å²) in [6.07, 6.45) is 0. The standard InChI is InChI=1S/C17H13BrCl2N2O2S/c1-24-7-6-22-15-13(20)8-10(19)9-14(15)25-17(22)21-16(23)11-4-2-3-5-12(11)18/h2-5,8-9H,6-7H2,1H3. The number of rotatable bonds is 4. The van der Waals surface area contributed by atoms with E-state index in [1.165, 1.54) is 11.3 Å². The number of hydrogen-bond acceptors (Lipinski definition) is 3. The van der Waals surface area contributed by atoms with Crippen LogP contribution in [0.1, 0.15) is 10.4 Å². The lowest BCUT2D eigenvalue weighted by atomic mass is 10.2. The third-order valence-corrected chi connectivity index (χ3v) is 5.74. The maximum Gasteiger partial charge on any atom is 0.280 e. The zero-order chi connectivity index (χ0) is 18.0. The second-order valence-electron chi connectivity index (χ2n) is 5.16. The number of amides is 1. The van der Waals surface area contributed by atoms with Crippen LogP contribution in [0, 0.1) is 0 Å². The highest BCUT2D eigenvalue weighted by atomic mass is 79.9. The van der Waals surface area contributed by atoms with Crippen molar-refractivity contribution in [1.82, 2.24) is 4.57 Å². The first-order valence-electron chi connectivity index (χ1n) is 7.32. The van der Waals surface area contributed by atoms with Gasteiger partial charge in [-0.3, -0.25) is 4.79 Å². The molecule has 0 radical (unpaired) electrons. The molecule has 0 fully saturated rings. The number of hydrogen-bond donors (Lipinski definition) is 0. The van der Waals surface area contributed by atoms with Crippen molar-refractivity contribution in [3.8, 4) is 0 Å². The molecule has 0 atom stereocenters. The first-order valence-corrected chi connectivity index (χ1v) is 9.68. The number of carbonyl (C=O) groups is 1. The van der Waals surface area contributed by atoms with E-state index in [1.54, 1.807) is 25.3 Å². The summed E-state index contributed by atoms with van der Waals surface area (Å²) in [6, 6.07) is 10.7. The fourth-order valence-corrected chi connectivity index (χ4v) is 4.68. The molecular weight excluding hydrogens is 447 g/mol. The molecule has 0 bridgehead atoms. The molecule has 130 valence electrons. The molecule has 3 rings (SSSR count). The minimum Gasteiger partial charge on any atom is -0.383 e. The molecule has 0 spiro atoms. The van der Waals surface area contributed by atoms with Crippen LogP contribution in [0.25, 0.3) is 10.2 Å². The van der Waals surface area contributed by atoms with E-state index in [-0.39, 0.29) is 5.91 Å². The Morgan fingerprint density at radius 2 is 2.08 bits per heavy atom. The van der Waals surface area contributed by atoms with Crippen LogP contribution in [0.3, 0.4) is 0 Å². The molecule has 8 heteroatoms. The smallest absolute Gasteiger partial charge is 0.280 e. The van der Waals surface area contributed by atoms with Gasteiger partial charge in [0.2, 0.25) is 0 Å². The maximum atomic E-state index is 12.6. The van der Waals surface area contributed by atoms with Crippen molar-refractivity contribution >= 4 is 66.6 Å². The van der Waals surface area contributed by atoms with Gasteiger partial charge in [-0.05, 0) is 40.2 Å². The monoisotopic (exact) mass is 458 g/mol. The minimum absolute atomic E-state index is 0.326. The fourth-order valence-electron chi connectivity index (χ4n) is 2.39. The summed E-state index contributed by atoms with van der Waals surface area (Å²) in [5, 5.41) is 1.06. The molecule has 0 aliphatic heterocycles. The lowest BCUT2D eigenvalue weighted by molar-refractivity contribution is 0.0996. The SMILES string of the molecule is COCCn1c(=NC(=O)c2ccccc2Br)sc2cc(Cl)cc(Cl)c21. The van der Waals surface area contributed by atoms with Gasteiger partial charge in [0.05, 0.1) is 27.4 Å². The number of benzene rings is 2. The van der Waals surface area contributed by atoms with E-state index in [9.17, 15) is 4.79 Å². The average Bonchev–Trinajstić information content (AvgIpc) is 2.90. The van der Waals surface area contributed by atoms with Crippen molar-refractivity contribution < 1.29 is 9.53 Å². The molecular formula is C17H13BrCl2N2O2S. The van der Waals surface area contributed by atoms with Crippen LogP contribution in [-0.2, 0) is 11.3 Å². The number of thiazole rings is 1. The van der Waals surface area contributed by atoms with Crippen molar-refractivity contribution in [2.45, 2.75) is 6.54 Å². The zero-order valence-corrected chi connectivity index (χ0v) is 17.0. The lowest BCUT2D eigenvalue weighted by Crippen LogP contribution is -2.19. The normalized spacial score (nSPS) is 12.1. The molecule has 0 unspecified atom stereocenters. The third kappa shape index (κ3) is 3.99. The zero-order valence-electron chi connectivity index (χ0n) is 13.1. The summed E-state index contributed by atoms with van der Waals surface area (Å²) >= 11 is 17.2. The minimum atomic E-state index is -0.326. The second-order valence-corrected chi connectivity index (χ2v) is 7.87. The molecule has 3 aromatic rings. The molecule has 4 nitrogen and oxygen atoms in total. The van der Waals surface area contributed by atoms with Crippen LogP contribution >= 0.6 is 50.5 Å². The number of aromatic nitrogens is 1. The Morgan fingerprint density at radius 1 is 1.32 bits per heavy atom. The van der Waals surface area contributed by atoms with E-state index in [0.29, 0.717) is 38.0 Å². The van der Waals surface area contributed by atoms with E-state index >= 15 is 0 Å². The predicted octanol–water partition coefficient (Wildman–Crippen LogP) is 5.16. The van der Waals surface area contributed by atoms with Gasteiger partial charge in [0.25, 0.3) is 5.91 Å². The topological polar surface area (TPSA) is 43.6 Å². The Labute approximate surface area is 166 Å². The van der Waals surface area contributed by atoms with E-state index in [0.717, 1.165) is 10.2 Å². The number of halogens is 3. The highest BCUT2D eigenvalue weighted by Gasteiger charge is 2.14. The van der Waals surface area contributed by atoms with Gasteiger partial charge < -0.3 is 9.30 Å². The fraction of sp³-hybridized carbons (Fsp3) is 0.176. The van der Waals surface area contributed by atoms with Gasteiger partial charge in [0.15, 0.2) is 4.80 Å². The number of nitrogens with zero attached hydrogens (tertiary/aromatic N) is 2. The largest absolute Gasteiger partial charge is 0.383 e. The van der Waals surface area contributed by atoms with Crippen LogP contribution in [0.5, 0.6) is 0 Å². The Kier molecular flexibility index (Phi) is 5.96. The summed E-state index contributed by atoms with van der Waals surface area (Å²) < 4.78 is 8.63. The maximum absolute atomic E-state index is 12.6. The van der Waals surface area contributed by atoms with Gasteiger partial charge in [-0.1, -0.05) is 46.7 Å². The van der Waals surface area contributed by atoms with Crippen LogP contribution in [0.4, 0.5) is 0 Å². The Hall–Kier alpha value is -1.18. The quantitative estimate of drug-likeness (QED) is 0.540. The Morgan fingerprint density at radius 3 is 2.80 bits per heavy atom. The summed E-state index contributed by atoms with van der Waals surface area (Å²) in [5.41, 5.74) is 1.30. The van der Waals surface area contributed by atoms with Crippen molar-refractivity contribution in [3.05, 3.63) is 61.3 Å². The van der Waals surface area contributed by atoms with Crippen molar-refractivity contribution in [1.29, 1.82) is 0 Å². The van der Waals surface area contributed by atoms with E-state index in [1.807, 2.05) is 22.8 Å². The van der Waals surface area contributed by atoms with Gasteiger partial charge >= 0.3 is 0 Å². The van der Waals surface area contributed by atoms with Crippen molar-refractivity contribution in [3.63, 3.8) is 0 Å². The number of ether oxygens (including phenoxy) is 1. The molecule has 1 heterocycles. The first kappa shape index (κ1) is 18.6. The highest BCUT2D eigenvalue weighted by molar-refractivity contribution is 9.10. The molecule has 1 amide bonds. The molecule has 0 aliphatic rings. The molecule has 0 N–H and O–H groups in total. The molecule has 0 saturated heterocycles. The van der Waals surface area contributed by atoms with Crippen LogP contribution < -0.4 is 4.80 Å². The van der Waals surface area contributed by atoms with E-state index < -0.39 is 0 Å². The molecule has 0 aliphatic carbocycles. The Bertz CT molecular complexity index is 1010. The highest BCUT2D eigenvalue weighted by Crippen LogP contribution is 2.29. The summed E-state index contributed by atoms with van der Waals surface area (Å²) in [4.78, 5) is 17.5. The predicted molar refractivity (Wildman–Crippen MR) is 106 cm³/mol. The van der Waals surface area contributed by atoms with Crippen molar-refractivity contribution in [2.75, 3.05) is 13.7 Å². The van der Waals surface area contributed by atoms with E-state index in [2.05, 4.69) is 20.9 Å². The van der Waals surface area contributed by atoms with Crippen LogP contribution in [0.2, 0.25) is 10.0 Å². The lowest BCUT2D eigenvalue weighted by Gasteiger charge is -2.06. The van der Waals surface area contributed by atoms with Gasteiger partial charge in [-0.25, -0.2) is 0 Å².